The summed E-state index contributed by atoms with van der Waals surface area (Å²) in [7, 11) is 1.20. The molecule has 3 aromatic rings. The Balaban J connectivity index is 1.90. The van der Waals surface area contributed by atoms with E-state index in [1.807, 2.05) is 0 Å². The largest absolute Gasteiger partial charge is 0.508 e. The fourth-order valence-corrected chi connectivity index (χ4v) is 3.86. The van der Waals surface area contributed by atoms with E-state index in [4.69, 9.17) is 27.9 Å². The Morgan fingerprint density at radius 3 is 2.30 bits per heavy atom. The van der Waals surface area contributed by atoms with Gasteiger partial charge < -0.3 is 9.84 Å². The number of halogens is 2. The summed E-state index contributed by atoms with van der Waals surface area (Å²) in [5, 5.41) is 10.5. The molecule has 0 radical (unpaired) electrons. The van der Waals surface area contributed by atoms with E-state index in [1.54, 1.807) is 24.3 Å². The predicted molar refractivity (Wildman–Crippen MR) is 112 cm³/mol. The average molecular weight is 442 g/mol. The van der Waals surface area contributed by atoms with E-state index in [-0.39, 0.29) is 28.1 Å². The average Bonchev–Trinajstić information content (AvgIpc) is 2.96. The van der Waals surface area contributed by atoms with Gasteiger partial charge in [-0.25, -0.2) is 9.69 Å². The van der Waals surface area contributed by atoms with Crippen LogP contribution < -0.4 is 4.90 Å². The van der Waals surface area contributed by atoms with Crippen molar-refractivity contribution in [2.45, 2.75) is 0 Å². The Morgan fingerprint density at radius 2 is 1.60 bits per heavy atom. The molecule has 150 valence electrons. The van der Waals surface area contributed by atoms with Gasteiger partial charge >= 0.3 is 5.97 Å². The molecule has 0 fully saturated rings. The molecule has 3 aromatic carbocycles. The number of rotatable bonds is 3. The summed E-state index contributed by atoms with van der Waals surface area (Å²) < 4.78 is 4.82. The molecule has 4 rings (SSSR count). The van der Waals surface area contributed by atoms with Crippen LogP contribution >= 0.6 is 23.2 Å². The molecule has 1 heterocycles. The fourth-order valence-electron chi connectivity index (χ4n) is 3.34. The smallest absolute Gasteiger partial charge is 0.339 e. The van der Waals surface area contributed by atoms with Crippen molar-refractivity contribution in [1.29, 1.82) is 0 Å². The van der Waals surface area contributed by atoms with Crippen LogP contribution in [0.1, 0.15) is 31.1 Å². The number of phenols is 1. The molecule has 1 aliphatic heterocycles. The van der Waals surface area contributed by atoms with Crippen molar-refractivity contribution in [3.05, 3.63) is 81.3 Å². The van der Waals surface area contributed by atoms with Crippen LogP contribution in [-0.2, 0) is 4.74 Å². The Kier molecular flexibility index (Phi) is 4.97. The van der Waals surface area contributed by atoms with E-state index in [2.05, 4.69) is 0 Å². The number of nitrogens with zero attached hydrogens (tertiary/aromatic N) is 1. The highest BCUT2D eigenvalue weighted by atomic mass is 35.5. The zero-order valence-electron chi connectivity index (χ0n) is 15.5. The van der Waals surface area contributed by atoms with Gasteiger partial charge in [0, 0.05) is 15.6 Å². The SMILES string of the molecule is COC(=O)c1ccc(-c2ccc(Cl)cc2Cl)cc1N1C(=O)c2ccc(O)cc2C1=O. The van der Waals surface area contributed by atoms with Gasteiger partial charge in [0.15, 0.2) is 0 Å². The van der Waals surface area contributed by atoms with Crippen LogP contribution in [0, 0.1) is 0 Å². The van der Waals surface area contributed by atoms with Gasteiger partial charge in [-0.05, 0) is 48.0 Å². The van der Waals surface area contributed by atoms with Crippen molar-refractivity contribution in [2.75, 3.05) is 12.0 Å². The fraction of sp³-hybridized carbons (Fsp3) is 0.0455. The number of amides is 2. The molecule has 0 aromatic heterocycles. The number of carbonyl (C=O) groups excluding carboxylic acids is 3. The number of hydrogen-bond acceptors (Lipinski definition) is 5. The second-order valence-electron chi connectivity index (χ2n) is 6.52. The molecule has 0 aliphatic carbocycles. The molecule has 2 amide bonds. The summed E-state index contributed by atoms with van der Waals surface area (Å²) in [6.45, 7) is 0. The molecular weight excluding hydrogens is 429 g/mol. The molecule has 1 N–H and O–H groups in total. The van der Waals surface area contributed by atoms with Crippen LogP contribution in [-0.4, -0.2) is 30.0 Å². The van der Waals surface area contributed by atoms with Crippen LogP contribution in [0.2, 0.25) is 10.0 Å². The summed E-state index contributed by atoms with van der Waals surface area (Å²) in [5.74, 6) is -2.13. The van der Waals surface area contributed by atoms with Gasteiger partial charge in [0.25, 0.3) is 11.8 Å². The van der Waals surface area contributed by atoms with E-state index in [0.29, 0.717) is 21.2 Å². The number of esters is 1. The number of carbonyl (C=O) groups is 3. The van der Waals surface area contributed by atoms with Crippen molar-refractivity contribution in [2.24, 2.45) is 0 Å². The Hall–Kier alpha value is -3.35. The summed E-state index contributed by atoms with van der Waals surface area (Å²) >= 11 is 12.3. The minimum Gasteiger partial charge on any atom is -0.508 e. The van der Waals surface area contributed by atoms with Gasteiger partial charge in [0.2, 0.25) is 0 Å². The number of ether oxygens (including phenoxy) is 1. The number of imide groups is 1. The molecule has 30 heavy (non-hydrogen) atoms. The van der Waals surface area contributed by atoms with Crippen LogP contribution in [0.4, 0.5) is 5.69 Å². The minimum atomic E-state index is -0.710. The Morgan fingerprint density at radius 1 is 0.900 bits per heavy atom. The number of aromatic hydroxyl groups is 1. The molecular formula is C22H13Cl2NO5. The third kappa shape index (κ3) is 3.20. The molecule has 0 spiro atoms. The van der Waals surface area contributed by atoms with Crippen LogP contribution in [0.3, 0.4) is 0 Å². The predicted octanol–water partition coefficient (Wildman–Crippen LogP) is 4.95. The van der Waals surface area contributed by atoms with Crippen LogP contribution in [0.25, 0.3) is 11.1 Å². The van der Waals surface area contributed by atoms with E-state index in [9.17, 15) is 19.5 Å². The van der Waals surface area contributed by atoms with E-state index in [0.717, 1.165) is 4.90 Å². The first-order valence-corrected chi connectivity index (χ1v) is 9.47. The monoisotopic (exact) mass is 441 g/mol. The number of benzene rings is 3. The molecule has 0 atom stereocenters. The summed E-state index contributed by atoms with van der Waals surface area (Å²) in [4.78, 5) is 39.2. The van der Waals surface area contributed by atoms with Crippen molar-refractivity contribution < 1.29 is 24.2 Å². The standard InChI is InChI=1S/C22H13Cl2NO5/c1-30-22(29)16-5-2-11(14-6-3-12(23)9-18(14)24)8-19(16)25-20(27)15-7-4-13(26)10-17(15)21(25)28/h2-10,26H,1H3. The maximum atomic E-state index is 13.0. The van der Waals surface area contributed by atoms with Gasteiger partial charge in [0.05, 0.1) is 29.5 Å². The second-order valence-corrected chi connectivity index (χ2v) is 7.37. The lowest BCUT2D eigenvalue weighted by Gasteiger charge is -2.19. The van der Waals surface area contributed by atoms with E-state index >= 15 is 0 Å². The Labute approximate surface area is 181 Å². The number of methoxy groups -OCH3 is 1. The highest BCUT2D eigenvalue weighted by Gasteiger charge is 2.39. The molecule has 0 bridgehead atoms. The number of phenolic OH excluding ortho intramolecular Hbond substituents is 1. The summed E-state index contributed by atoms with van der Waals surface area (Å²) in [6, 6.07) is 13.4. The van der Waals surface area contributed by atoms with Crippen molar-refractivity contribution in [3.8, 4) is 16.9 Å². The zero-order valence-corrected chi connectivity index (χ0v) is 17.0. The minimum absolute atomic E-state index is 0.0325. The quantitative estimate of drug-likeness (QED) is 0.458. The highest BCUT2D eigenvalue weighted by Crippen LogP contribution is 2.37. The first kappa shape index (κ1) is 19.9. The van der Waals surface area contributed by atoms with Gasteiger partial charge in [-0.3, -0.25) is 9.59 Å². The molecule has 0 saturated carbocycles. The van der Waals surface area contributed by atoms with Gasteiger partial charge in [-0.1, -0.05) is 35.3 Å². The normalized spacial score (nSPS) is 12.8. The molecule has 0 unspecified atom stereocenters. The molecule has 8 heteroatoms. The summed E-state index contributed by atoms with van der Waals surface area (Å²) in [5.41, 5.74) is 1.43. The number of anilines is 1. The second kappa shape index (κ2) is 7.48. The maximum absolute atomic E-state index is 13.0. The van der Waals surface area contributed by atoms with Crippen molar-refractivity contribution in [3.63, 3.8) is 0 Å². The van der Waals surface area contributed by atoms with Gasteiger partial charge in [0.1, 0.15) is 5.75 Å². The topological polar surface area (TPSA) is 83.9 Å². The highest BCUT2D eigenvalue weighted by molar-refractivity contribution is 6.37. The van der Waals surface area contributed by atoms with Crippen LogP contribution in [0.15, 0.2) is 54.6 Å². The van der Waals surface area contributed by atoms with Gasteiger partial charge in [-0.15, -0.1) is 0 Å². The van der Waals surface area contributed by atoms with Crippen LogP contribution in [0.5, 0.6) is 5.75 Å². The zero-order chi connectivity index (χ0) is 21.6. The maximum Gasteiger partial charge on any atom is 0.339 e. The third-order valence-electron chi connectivity index (χ3n) is 4.76. The van der Waals surface area contributed by atoms with Gasteiger partial charge in [-0.2, -0.15) is 0 Å². The van der Waals surface area contributed by atoms with Crippen molar-refractivity contribution >= 4 is 46.7 Å². The third-order valence-corrected chi connectivity index (χ3v) is 5.30. The van der Waals surface area contributed by atoms with E-state index < -0.39 is 17.8 Å². The first-order valence-electron chi connectivity index (χ1n) is 8.71. The first-order chi connectivity index (χ1) is 14.3. The van der Waals surface area contributed by atoms with Crippen molar-refractivity contribution in [1.82, 2.24) is 0 Å². The molecule has 6 nitrogen and oxygen atoms in total. The lowest BCUT2D eigenvalue weighted by molar-refractivity contribution is 0.0601. The lowest BCUT2D eigenvalue weighted by Crippen LogP contribution is -2.31. The molecule has 1 aliphatic rings. The molecule has 0 saturated heterocycles. The Bertz CT molecular complexity index is 1240. The lowest BCUT2D eigenvalue weighted by atomic mass is 10.0. The number of hydrogen-bond donors (Lipinski definition) is 1. The summed E-state index contributed by atoms with van der Waals surface area (Å²) in [6.07, 6.45) is 0. The van der Waals surface area contributed by atoms with E-state index in [1.165, 1.54) is 37.4 Å². The number of fused-ring (bicyclic) bond motifs is 1.